The van der Waals surface area contributed by atoms with E-state index in [0.717, 1.165) is 0 Å². The number of hydrogen-bond donors (Lipinski definition) is 6. The number of amides is 4. The van der Waals surface area contributed by atoms with Crippen molar-refractivity contribution < 1.29 is 39.0 Å². The fourth-order valence-corrected chi connectivity index (χ4v) is 3.41. The van der Waals surface area contributed by atoms with E-state index < -0.39 is 72.1 Å². The van der Waals surface area contributed by atoms with Crippen LogP contribution in [0.1, 0.15) is 46.0 Å². The highest BCUT2D eigenvalue weighted by atomic mass is 16.4. The van der Waals surface area contributed by atoms with Crippen LogP contribution in [0.15, 0.2) is 0 Å². The van der Waals surface area contributed by atoms with Crippen LogP contribution in [0.25, 0.3) is 0 Å². The van der Waals surface area contributed by atoms with Crippen LogP contribution in [-0.2, 0) is 28.8 Å². The summed E-state index contributed by atoms with van der Waals surface area (Å²) in [6, 6.07) is -4.93. The fraction of sp³-hybridized carbons (Fsp3) is 0.684. The Labute approximate surface area is 184 Å². The molecule has 0 saturated carbocycles. The topological polar surface area (TPSA) is 222 Å². The fourth-order valence-electron chi connectivity index (χ4n) is 3.41. The zero-order valence-corrected chi connectivity index (χ0v) is 18.1. The summed E-state index contributed by atoms with van der Waals surface area (Å²) in [7, 11) is 0. The molecule has 1 aliphatic rings. The number of primary amides is 1. The molecule has 1 rings (SSSR count). The molecule has 8 N–H and O–H groups in total. The second-order valence-corrected chi connectivity index (χ2v) is 7.84. The monoisotopic (exact) mass is 457 g/mol. The molecule has 0 aromatic rings. The molecule has 1 fully saturated rings. The maximum atomic E-state index is 12.9. The molecule has 32 heavy (non-hydrogen) atoms. The summed E-state index contributed by atoms with van der Waals surface area (Å²) >= 11 is 0. The second kappa shape index (κ2) is 12.0. The zero-order valence-electron chi connectivity index (χ0n) is 18.1. The van der Waals surface area contributed by atoms with E-state index in [1.54, 1.807) is 13.8 Å². The molecule has 0 radical (unpaired) electrons. The highest BCUT2D eigenvalue weighted by Gasteiger charge is 2.39. The lowest BCUT2D eigenvalue weighted by Gasteiger charge is -2.30. The Hall–Kier alpha value is -3.22. The lowest BCUT2D eigenvalue weighted by atomic mass is 9.97. The summed E-state index contributed by atoms with van der Waals surface area (Å²) in [5.41, 5.74) is 10.8. The smallest absolute Gasteiger partial charge is 0.326 e. The van der Waals surface area contributed by atoms with E-state index in [4.69, 9.17) is 21.7 Å². The molecule has 1 heterocycles. The van der Waals surface area contributed by atoms with Crippen LogP contribution in [0.4, 0.5) is 0 Å². The highest BCUT2D eigenvalue weighted by Crippen LogP contribution is 2.20. The summed E-state index contributed by atoms with van der Waals surface area (Å²) in [6.45, 7) is 3.67. The normalized spacial score (nSPS) is 19.3. The third kappa shape index (κ3) is 7.48. The van der Waals surface area contributed by atoms with Crippen molar-refractivity contribution in [3.63, 3.8) is 0 Å². The molecule has 5 unspecified atom stereocenters. The number of carbonyl (C=O) groups is 6. The average Bonchev–Trinajstić information content (AvgIpc) is 3.18. The molecule has 180 valence electrons. The number of carbonyl (C=O) groups excluding carboxylic acids is 4. The number of carboxylic acid groups (broad SMARTS) is 2. The zero-order chi connectivity index (χ0) is 24.6. The van der Waals surface area contributed by atoms with Gasteiger partial charge in [-0.05, 0) is 18.8 Å². The number of carboxylic acids is 2. The molecule has 0 aromatic carbocycles. The number of nitrogens with two attached hydrogens (primary N) is 2. The molecule has 0 aliphatic carbocycles. The molecule has 4 amide bonds. The van der Waals surface area contributed by atoms with Crippen molar-refractivity contribution in [3.05, 3.63) is 0 Å². The van der Waals surface area contributed by atoms with Gasteiger partial charge >= 0.3 is 11.9 Å². The van der Waals surface area contributed by atoms with Crippen molar-refractivity contribution in [1.29, 1.82) is 0 Å². The van der Waals surface area contributed by atoms with Gasteiger partial charge in [0.15, 0.2) is 0 Å². The minimum Gasteiger partial charge on any atom is -0.481 e. The minimum atomic E-state index is -1.67. The number of rotatable bonds is 12. The molecular weight excluding hydrogens is 426 g/mol. The van der Waals surface area contributed by atoms with Crippen LogP contribution in [0.3, 0.4) is 0 Å². The Kier molecular flexibility index (Phi) is 10.0. The number of hydrogen-bond acceptors (Lipinski definition) is 7. The van der Waals surface area contributed by atoms with Gasteiger partial charge in [0, 0.05) is 6.54 Å². The number of likely N-dealkylation sites (tertiary alicyclic amines) is 1. The molecule has 0 spiro atoms. The van der Waals surface area contributed by atoms with Gasteiger partial charge in [-0.3, -0.25) is 24.0 Å². The van der Waals surface area contributed by atoms with Gasteiger partial charge in [0.05, 0.1) is 18.9 Å². The molecule has 1 aliphatic heterocycles. The van der Waals surface area contributed by atoms with E-state index in [1.165, 1.54) is 4.90 Å². The summed E-state index contributed by atoms with van der Waals surface area (Å²) in [5, 5.41) is 22.7. The standard InChI is InChI=1S/C19H31N5O8/c1-3-9(2)15(17(29)22-11(19(31)32)8-14(26)27)23-16(28)12-5-4-6-24(12)18(30)10(20)7-13(21)25/h9-12,15H,3-8,20H2,1-2H3,(H2,21,25)(H,22,29)(H,23,28)(H,26,27)(H,31,32). The van der Waals surface area contributed by atoms with Crippen LogP contribution in [0.2, 0.25) is 0 Å². The number of aliphatic carboxylic acids is 2. The molecule has 5 atom stereocenters. The van der Waals surface area contributed by atoms with Crippen LogP contribution in [0, 0.1) is 5.92 Å². The van der Waals surface area contributed by atoms with Crippen molar-refractivity contribution in [3.8, 4) is 0 Å². The first-order chi connectivity index (χ1) is 14.9. The Bertz CT molecular complexity index is 758. The maximum Gasteiger partial charge on any atom is 0.326 e. The van der Waals surface area contributed by atoms with E-state index >= 15 is 0 Å². The van der Waals surface area contributed by atoms with E-state index in [9.17, 15) is 28.8 Å². The summed E-state index contributed by atoms with van der Waals surface area (Å²) in [4.78, 5) is 72.6. The van der Waals surface area contributed by atoms with Gasteiger partial charge in [-0.15, -0.1) is 0 Å². The van der Waals surface area contributed by atoms with E-state index in [0.29, 0.717) is 19.3 Å². The third-order valence-electron chi connectivity index (χ3n) is 5.36. The first-order valence-electron chi connectivity index (χ1n) is 10.3. The van der Waals surface area contributed by atoms with E-state index in [1.807, 2.05) is 0 Å². The maximum absolute atomic E-state index is 12.9. The Morgan fingerprint density at radius 3 is 2.22 bits per heavy atom. The largest absolute Gasteiger partial charge is 0.481 e. The Morgan fingerprint density at radius 1 is 1.09 bits per heavy atom. The van der Waals surface area contributed by atoms with Crippen molar-refractivity contribution in [2.24, 2.45) is 17.4 Å². The van der Waals surface area contributed by atoms with Gasteiger partial charge in [-0.2, -0.15) is 0 Å². The second-order valence-electron chi connectivity index (χ2n) is 7.84. The van der Waals surface area contributed by atoms with Crippen LogP contribution >= 0.6 is 0 Å². The Balaban J connectivity index is 2.96. The summed E-state index contributed by atoms with van der Waals surface area (Å²) < 4.78 is 0. The average molecular weight is 457 g/mol. The predicted octanol–water partition coefficient (Wildman–Crippen LogP) is -2.24. The Morgan fingerprint density at radius 2 is 1.72 bits per heavy atom. The van der Waals surface area contributed by atoms with Crippen LogP contribution in [0.5, 0.6) is 0 Å². The molecule has 0 bridgehead atoms. The summed E-state index contributed by atoms with van der Waals surface area (Å²) in [6.07, 6.45) is 0.0674. The summed E-state index contributed by atoms with van der Waals surface area (Å²) in [5.74, 6) is -6.19. The SMILES string of the molecule is CCC(C)C(NC(=O)C1CCCN1C(=O)C(N)CC(N)=O)C(=O)NC(CC(=O)O)C(=O)O. The lowest BCUT2D eigenvalue weighted by molar-refractivity contribution is -0.147. The quantitative estimate of drug-likeness (QED) is 0.186. The van der Waals surface area contributed by atoms with Gasteiger partial charge in [0.25, 0.3) is 0 Å². The molecule has 13 nitrogen and oxygen atoms in total. The number of nitrogens with one attached hydrogen (secondary N) is 2. The minimum absolute atomic E-state index is 0.239. The first kappa shape index (κ1) is 26.8. The van der Waals surface area contributed by atoms with Gasteiger partial charge in [0.1, 0.15) is 18.1 Å². The molecular formula is C19H31N5O8. The van der Waals surface area contributed by atoms with Crippen molar-refractivity contribution in [2.45, 2.75) is 70.1 Å². The third-order valence-corrected chi connectivity index (χ3v) is 5.36. The van der Waals surface area contributed by atoms with E-state index in [-0.39, 0.29) is 13.0 Å². The van der Waals surface area contributed by atoms with Gasteiger partial charge in [-0.25, -0.2) is 4.79 Å². The van der Waals surface area contributed by atoms with Crippen LogP contribution in [-0.4, -0.2) is 81.4 Å². The molecule has 0 aromatic heterocycles. The van der Waals surface area contributed by atoms with Crippen molar-refractivity contribution >= 4 is 35.6 Å². The van der Waals surface area contributed by atoms with Crippen molar-refractivity contribution in [2.75, 3.05) is 6.54 Å². The van der Waals surface area contributed by atoms with Gasteiger partial charge in [0.2, 0.25) is 23.6 Å². The number of nitrogens with zero attached hydrogens (tertiary/aromatic N) is 1. The van der Waals surface area contributed by atoms with Crippen molar-refractivity contribution in [1.82, 2.24) is 15.5 Å². The van der Waals surface area contributed by atoms with Crippen LogP contribution < -0.4 is 22.1 Å². The lowest BCUT2D eigenvalue weighted by Crippen LogP contribution is -2.58. The molecule has 13 heteroatoms. The predicted molar refractivity (Wildman–Crippen MR) is 110 cm³/mol. The van der Waals surface area contributed by atoms with Gasteiger partial charge in [-0.1, -0.05) is 20.3 Å². The van der Waals surface area contributed by atoms with E-state index in [2.05, 4.69) is 10.6 Å². The molecule has 1 saturated heterocycles. The first-order valence-corrected chi connectivity index (χ1v) is 10.3. The van der Waals surface area contributed by atoms with Gasteiger partial charge < -0.3 is 37.2 Å². The highest BCUT2D eigenvalue weighted by molar-refractivity contribution is 5.95.